The molecule has 1 aliphatic heterocycles. The van der Waals surface area contributed by atoms with Crippen LogP contribution in [0.25, 0.3) is 0 Å². The Labute approximate surface area is 508 Å². The molecule has 0 bridgehead atoms. The summed E-state index contributed by atoms with van der Waals surface area (Å²) in [6.45, 7) is 25.3. The number of likely N-dealkylation sites (tertiary alicyclic amines) is 1. The first kappa shape index (κ1) is 73.1. The smallest absolute Gasteiger partial charge is 0.246 e. The van der Waals surface area contributed by atoms with E-state index in [0.717, 1.165) is 44.9 Å². The molecule has 9 N–H and O–H groups in total. The molecule has 1 saturated heterocycles. The van der Waals surface area contributed by atoms with Crippen LogP contribution in [-0.2, 0) is 60.8 Å². The number of hydrogen-bond acceptors (Lipinski definition) is 11. The van der Waals surface area contributed by atoms with Crippen LogP contribution in [0, 0.1) is 29.6 Å². The third-order valence-corrected chi connectivity index (χ3v) is 15.7. The predicted octanol–water partition coefficient (Wildman–Crippen LogP) is 5.07. The average Bonchev–Trinajstić information content (AvgIpc) is 3.77. The first-order chi connectivity index (χ1) is 39.7. The largest absolute Gasteiger partial charge is 0.354 e. The van der Waals surface area contributed by atoms with E-state index >= 15 is 0 Å². The number of likely N-dealkylation sites (N-methyl/N-ethyl adjacent to an activating group) is 1. The molecule has 3 rings (SSSR count). The van der Waals surface area contributed by atoms with E-state index in [2.05, 4.69) is 66.9 Å². The van der Waals surface area contributed by atoms with Crippen molar-refractivity contribution in [3.05, 3.63) is 35.4 Å². The zero-order chi connectivity index (χ0) is 64.0. The van der Waals surface area contributed by atoms with Crippen molar-refractivity contribution in [1.29, 1.82) is 0 Å². The molecule has 1 aliphatic carbocycles. The van der Waals surface area contributed by atoms with Gasteiger partial charge in [0.15, 0.2) is 0 Å². The average molecular weight is 1190 g/mol. The minimum Gasteiger partial charge on any atom is -0.354 e. The summed E-state index contributed by atoms with van der Waals surface area (Å²) in [6, 6.07) is 4.60. The van der Waals surface area contributed by atoms with Gasteiger partial charge >= 0.3 is 0 Å². The van der Waals surface area contributed by atoms with Crippen LogP contribution in [0.3, 0.4) is 0 Å². The number of benzene rings is 1. The molecule has 1 unspecified atom stereocenters. The van der Waals surface area contributed by atoms with Crippen LogP contribution in [0.4, 0.5) is 0 Å². The molecular weight excluding hydrogens is 1080 g/mol. The van der Waals surface area contributed by atoms with Crippen molar-refractivity contribution in [3.8, 4) is 0 Å². The number of nitrogens with one attached hydrogen (secondary N) is 9. The third kappa shape index (κ3) is 24.6. The van der Waals surface area contributed by atoms with Crippen molar-refractivity contribution in [1.82, 2.24) is 57.7 Å². The lowest BCUT2D eigenvalue weighted by molar-refractivity contribution is -0.142. The highest BCUT2D eigenvalue weighted by Crippen LogP contribution is 2.30. The molecule has 1 heterocycles. The summed E-state index contributed by atoms with van der Waals surface area (Å²) in [7, 11) is 3.80. The Hall–Kier alpha value is -6.12. The molecule has 21 nitrogen and oxygen atoms in total. The number of carbonyl (C=O) groups excluding carboxylic acids is 10. The number of hydrogen-bond donors (Lipinski definition) is 9. The zero-order valence-corrected chi connectivity index (χ0v) is 54.5. The Bertz CT molecular complexity index is 2420. The Morgan fingerprint density at radius 3 is 1.67 bits per heavy atom. The van der Waals surface area contributed by atoms with Gasteiger partial charge in [0.2, 0.25) is 59.1 Å². The molecule has 21 heteroatoms. The van der Waals surface area contributed by atoms with E-state index in [1.807, 2.05) is 79.6 Å². The maximum Gasteiger partial charge on any atom is 0.246 e. The Balaban J connectivity index is 1.73. The number of rotatable bonds is 35. The van der Waals surface area contributed by atoms with Gasteiger partial charge < -0.3 is 57.7 Å². The molecule has 480 valence electrons. The van der Waals surface area contributed by atoms with Crippen LogP contribution < -0.4 is 47.9 Å². The van der Waals surface area contributed by atoms with Gasteiger partial charge in [-0.25, -0.2) is 0 Å². The number of unbranched alkanes of at least 4 members (excludes halogenated alkanes) is 5. The summed E-state index contributed by atoms with van der Waals surface area (Å²) in [5, 5.41) is 25.4. The van der Waals surface area contributed by atoms with E-state index in [1.165, 1.54) is 52.7 Å². The summed E-state index contributed by atoms with van der Waals surface area (Å²) >= 11 is 0. The van der Waals surface area contributed by atoms with E-state index in [1.54, 1.807) is 4.90 Å². The molecule has 2 aliphatic rings. The van der Waals surface area contributed by atoms with Crippen LogP contribution in [0.2, 0.25) is 0 Å². The number of amides is 10. The maximum absolute atomic E-state index is 14.5. The van der Waals surface area contributed by atoms with Gasteiger partial charge in [-0.3, -0.25) is 47.9 Å². The molecule has 0 radical (unpaired) electrons. The normalized spacial score (nSPS) is 17.2. The lowest BCUT2D eigenvalue weighted by atomic mass is 9.83. The SMILES string of the molecule is CCCCCCCC[C@@H](C(=O)N[C@@H](CC(C)C)C(=O)NC(C)(C)C(=O)N[C@@H](CC(C)C)C(=O)N[C@@H](CC(C)C)C(=O)NC(C)(C)C(=O)NC(C)(C)C(=O)NCCC(=O)N[C@@H](C)CN(C)C)C(=O)N[C@@H]1CCCN1C(=O)C1CCc2ccccc2C1. The number of nitrogens with zero attached hydrogens (tertiary/aromatic N) is 2. The summed E-state index contributed by atoms with van der Waals surface area (Å²) in [4.78, 5) is 143. The van der Waals surface area contributed by atoms with Crippen molar-refractivity contribution in [3.63, 3.8) is 0 Å². The monoisotopic (exact) mass is 1190 g/mol. The van der Waals surface area contributed by atoms with Gasteiger partial charge in [0.25, 0.3) is 0 Å². The first-order valence-electron chi connectivity index (χ1n) is 31.5. The fraction of sp³-hybridized carbons (Fsp3) is 0.750. The van der Waals surface area contributed by atoms with E-state index < -0.39 is 94.1 Å². The maximum atomic E-state index is 14.5. The van der Waals surface area contributed by atoms with Gasteiger partial charge in [-0.15, -0.1) is 0 Å². The molecule has 0 spiro atoms. The molecule has 0 aromatic heterocycles. The fourth-order valence-electron chi connectivity index (χ4n) is 10.9. The van der Waals surface area contributed by atoms with E-state index in [4.69, 9.17) is 0 Å². The quantitative estimate of drug-likeness (QED) is 0.0320. The van der Waals surface area contributed by atoms with Gasteiger partial charge in [0.05, 0.1) is 0 Å². The highest BCUT2D eigenvalue weighted by atomic mass is 16.2. The molecule has 10 amide bonds. The summed E-state index contributed by atoms with van der Waals surface area (Å²) in [5.74, 6) is -7.02. The van der Waals surface area contributed by atoms with Gasteiger partial charge in [-0.05, 0) is 149 Å². The van der Waals surface area contributed by atoms with Crippen molar-refractivity contribution in [2.24, 2.45) is 29.6 Å². The van der Waals surface area contributed by atoms with E-state index in [-0.39, 0.29) is 80.2 Å². The van der Waals surface area contributed by atoms with Crippen LogP contribution in [-0.4, -0.2) is 150 Å². The lowest BCUT2D eigenvalue weighted by Gasteiger charge is -2.34. The molecule has 0 saturated carbocycles. The van der Waals surface area contributed by atoms with Gasteiger partial charge in [0, 0.05) is 38.0 Å². The summed E-state index contributed by atoms with van der Waals surface area (Å²) in [6.07, 6.45) is 9.18. The Kier molecular flexibility index (Phi) is 29.5. The predicted molar refractivity (Wildman–Crippen MR) is 331 cm³/mol. The van der Waals surface area contributed by atoms with Gasteiger partial charge in [-0.1, -0.05) is 111 Å². The lowest BCUT2D eigenvalue weighted by Crippen LogP contribution is -2.65. The molecule has 1 aromatic carbocycles. The van der Waals surface area contributed by atoms with Crippen LogP contribution >= 0.6 is 0 Å². The van der Waals surface area contributed by atoms with E-state index in [9.17, 15) is 47.9 Å². The molecule has 1 aromatic rings. The third-order valence-electron chi connectivity index (χ3n) is 15.7. The van der Waals surface area contributed by atoms with Crippen molar-refractivity contribution in [2.45, 2.75) is 247 Å². The number of fused-ring (bicyclic) bond motifs is 1. The summed E-state index contributed by atoms with van der Waals surface area (Å²) < 4.78 is 0. The zero-order valence-electron chi connectivity index (χ0n) is 54.5. The van der Waals surface area contributed by atoms with Crippen molar-refractivity contribution >= 4 is 59.1 Å². The minimum atomic E-state index is -1.64. The summed E-state index contributed by atoms with van der Waals surface area (Å²) in [5.41, 5.74) is -2.25. The molecule has 85 heavy (non-hydrogen) atoms. The number of carbonyl (C=O) groups is 10. The van der Waals surface area contributed by atoms with Gasteiger partial charge in [0.1, 0.15) is 46.8 Å². The van der Waals surface area contributed by atoms with Crippen molar-refractivity contribution in [2.75, 3.05) is 33.7 Å². The topological polar surface area (TPSA) is 285 Å². The molecular formula is C64H109N11O10. The van der Waals surface area contributed by atoms with E-state index in [0.29, 0.717) is 38.8 Å². The Morgan fingerprint density at radius 2 is 1.11 bits per heavy atom. The highest BCUT2D eigenvalue weighted by molar-refractivity contribution is 6.03. The highest BCUT2D eigenvalue weighted by Gasteiger charge is 2.42. The molecule has 1 fully saturated rings. The second-order valence-electron chi connectivity index (χ2n) is 27.1. The van der Waals surface area contributed by atoms with Crippen LogP contribution in [0.15, 0.2) is 24.3 Å². The van der Waals surface area contributed by atoms with Gasteiger partial charge in [-0.2, -0.15) is 0 Å². The number of aryl methyl sites for hydroxylation is 1. The van der Waals surface area contributed by atoms with Crippen LogP contribution in [0.1, 0.15) is 198 Å². The Morgan fingerprint density at radius 1 is 0.588 bits per heavy atom. The minimum absolute atomic E-state index is 0.000205. The van der Waals surface area contributed by atoms with Crippen LogP contribution in [0.5, 0.6) is 0 Å². The first-order valence-corrected chi connectivity index (χ1v) is 31.5. The van der Waals surface area contributed by atoms with Crippen molar-refractivity contribution < 1.29 is 47.9 Å². The fourth-order valence-corrected chi connectivity index (χ4v) is 10.9. The second-order valence-corrected chi connectivity index (χ2v) is 27.1. The second kappa shape index (κ2) is 34.3. The standard InChI is InChI=1S/C64H109N11O10/c1-17-18-19-20-21-22-28-47(54(78)70-51-29-25-34-75(51)58(82)46-31-30-44-26-23-24-27-45(44)38-46)53(77)67-49(36-41(4)5)56(80)71-63(11,12)60(84)69-48(35-40(2)3)55(79)68-50(37-42(6)7)57(81)72-64(13,14)61(85)73-62(9,10)59(83)65-33-32-52(76)66-43(8)39-74(15)16/h23-24,26-27,40-43,46-51H,17-22,25,28-39H2,1-16H3,(H,65,83)(H,66,76)(H,67,77)(H,68,79)(H,69,84)(H,70,78)(H,71,80)(H,72,81)(H,73,85)/t43-,46?,47-,48-,49-,50-,51-/m0/s1. The molecule has 7 atom stereocenters.